The molecule has 0 saturated heterocycles. The molecule has 0 bridgehead atoms. The van der Waals surface area contributed by atoms with Crippen LogP contribution in [0.4, 0.5) is 0 Å². The fourth-order valence-corrected chi connectivity index (χ4v) is 2.91. The van der Waals surface area contributed by atoms with Crippen LogP contribution in [0.15, 0.2) is 36.5 Å². The molecule has 2 amide bonds. The molecule has 1 aliphatic heterocycles. The van der Waals surface area contributed by atoms with Crippen molar-refractivity contribution in [3.8, 4) is 0 Å². The van der Waals surface area contributed by atoms with Crippen molar-refractivity contribution in [2.75, 3.05) is 13.2 Å². The smallest absolute Gasteiger partial charge is 0.326 e. The lowest BCUT2D eigenvalue weighted by atomic mass is 9.97. The molecule has 0 saturated carbocycles. The molecule has 1 aliphatic rings. The first-order valence-corrected chi connectivity index (χ1v) is 8.40. The summed E-state index contributed by atoms with van der Waals surface area (Å²) < 4.78 is 5.01. The number of esters is 1. The number of ether oxygens (including phenoxy) is 1. The molecule has 1 aromatic carbocycles. The molecule has 1 heterocycles. The highest BCUT2D eigenvalue weighted by molar-refractivity contribution is 5.98. The van der Waals surface area contributed by atoms with E-state index >= 15 is 0 Å². The Balaban J connectivity index is 2.51. The lowest BCUT2D eigenvalue weighted by molar-refractivity contribution is -0.150. The third-order valence-electron chi connectivity index (χ3n) is 4.03. The summed E-state index contributed by atoms with van der Waals surface area (Å²) in [5.41, 5.74) is 1.28. The van der Waals surface area contributed by atoms with Gasteiger partial charge in [-0.2, -0.15) is 0 Å². The fraction of sp³-hybridized carbons (Fsp3) is 0.421. The highest BCUT2D eigenvalue weighted by atomic mass is 16.5. The summed E-state index contributed by atoms with van der Waals surface area (Å²) >= 11 is 0. The summed E-state index contributed by atoms with van der Waals surface area (Å²) in [5.74, 6) is -1.05. The molecular formula is C19H24N2O4. The summed E-state index contributed by atoms with van der Waals surface area (Å²) in [6.45, 7) is 6.98. The van der Waals surface area contributed by atoms with E-state index in [0.717, 1.165) is 5.56 Å². The second-order valence-electron chi connectivity index (χ2n) is 6.22. The van der Waals surface area contributed by atoms with E-state index in [1.807, 2.05) is 44.2 Å². The molecule has 0 N–H and O–H groups in total. The van der Waals surface area contributed by atoms with Gasteiger partial charge in [0.25, 0.3) is 5.91 Å². The van der Waals surface area contributed by atoms with Crippen LogP contribution in [0.3, 0.4) is 0 Å². The third-order valence-corrected chi connectivity index (χ3v) is 4.03. The van der Waals surface area contributed by atoms with Crippen molar-refractivity contribution in [2.45, 2.75) is 33.7 Å². The van der Waals surface area contributed by atoms with Crippen LogP contribution in [0, 0.1) is 5.92 Å². The molecule has 0 aromatic heterocycles. The molecule has 2 rings (SSSR count). The van der Waals surface area contributed by atoms with Crippen LogP contribution in [0.25, 0.3) is 5.70 Å². The zero-order valence-corrected chi connectivity index (χ0v) is 15.1. The predicted octanol–water partition coefficient (Wildman–Crippen LogP) is 2.26. The van der Waals surface area contributed by atoms with Gasteiger partial charge in [0.15, 0.2) is 0 Å². The zero-order chi connectivity index (χ0) is 18.6. The summed E-state index contributed by atoms with van der Waals surface area (Å²) in [6, 6.07) is 8.59. The van der Waals surface area contributed by atoms with Gasteiger partial charge < -0.3 is 9.64 Å². The Morgan fingerprint density at radius 1 is 1.20 bits per heavy atom. The number of carbonyl (C=O) groups excluding carboxylic acids is 3. The maximum atomic E-state index is 13.1. The molecule has 6 heteroatoms. The van der Waals surface area contributed by atoms with Gasteiger partial charge in [-0.3, -0.25) is 19.3 Å². The van der Waals surface area contributed by atoms with Crippen molar-refractivity contribution in [2.24, 2.45) is 5.92 Å². The largest absolute Gasteiger partial charge is 0.465 e. The predicted molar refractivity (Wildman–Crippen MR) is 93.9 cm³/mol. The lowest BCUT2D eigenvalue weighted by Gasteiger charge is -2.40. The zero-order valence-electron chi connectivity index (χ0n) is 15.1. The van der Waals surface area contributed by atoms with Gasteiger partial charge in [-0.15, -0.1) is 0 Å². The third kappa shape index (κ3) is 4.07. The average Bonchev–Trinajstić information content (AvgIpc) is 2.56. The van der Waals surface area contributed by atoms with Gasteiger partial charge in [0.2, 0.25) is 5.91 Å². The lowest BCUT2D eigenvalue weighted by Crippen LogP contribution is -2.55. The van der Waals surface area contributed by atoms with Crippen LogP contribution in [0.1, 0.15) is 33.3 Å². The van der Waals surface area contributed by atoms with E-state index < -0.39 is 12.0 Å². The van der Waals surface area contributed by atoms with E-state index in [-0.39, 0.29) is 30.9 Å². The van der Waals surface area contributed by atoms with Gasteiger partial charge in [-0.05, 0) is 18.4 Å². The SMILES string of the molecule is CCOC(=O)CN1C(=O)C(C(C)C)N(C(C)=O)C=C1c1ccccc1. The van der Waals surface area contributed by atoms with E-state index in [9.17, 15) is 14.4 Å². The first-order chi connectivity index (χ1) is 11.9. The summed E-state index contributed by atoms with van der Waals surface area (Å²) in [5, 5.41) is 0. The minimum Gasteiger partial charge on any atom is -0.465 e. The first-order valence-electron chi connectivity index (χ1n) is 8.40. The van der Waals surface area contributed by atoms with Crippen molar-refractivity contribution in [3.63, 3.8) is 0 Å². The number of benzene rings is 1. The van der Waals surface area contributed by atoms with Crippen LogP contribution in [-0.4, -0.2) is 46.8 Å². The van der Waals surface area contributed by atoms with Crippen molar-refractivity contribution in [1.29, 1.82) is 0 Å². The highest BCUT2D eigenvalue weighted by Gasteiger charge is 2.40. The highest BCUT2D eigenvalue weighted by Crippen LogP contribution is 2.29. The number of hydrogen-bond acceptors (Lipinski definition) is 4. The van der Waals surface area contributed by atoms with Crippen LogP contribution >= 0.6 is 0 Å². The second kappa shape index (κ2) is 7.96. The van der Waals surface area contributed by atoms with E-state index in [2.05, 4.69) is 0 Å². The van der Waals surface area contributed by atoms with E-state index in [1.165, 1.54) is 16.7 Å². The average molecular weight is 344 g/mol. The van der Waals surface area contributed by atoms with Gasteiger partial charge in [0, 0.05) is 13.1 Å². The molecule has 25 heavy (non-hydrogen) atoms. The van der Waals surface area contributed by atoms with Crippen LogP contribution in [-0.2, 0) is 19.1 Å². The monoisotopic (exact) mass is 344 g/mol. The summed E-state index contributed by atoms with van der Waals surface area (Å²) in [6.07, 6.45) is 1.66. The van der Waals surface area contributed by atoms with Crippen molar-refractivity contribution < 1.29 is 19.1 Å². The number of carbonyl (C=O) groups is 3. The molecule has 1 aromatic rings. The van der Waals surface area contributed by atoms with Crippen LogP contribution in [0.2, 0.25) is 0 Å². The maximum Gasteiger partial charge on any atom is 0.326 e. The molecule has 134 valence electrons. The Morgan fingerprint density at radius 2 is 1.84 bits per heavy atom. The molecular weight excluding hydrogens is 320 g/mol. The standard InChI is InChI=1S/C19H24N2O4/c1-5-25-17(23)12-21-16(15-9-7-6-8-10-15)11-20(14(4)22)18(13(2)3)19(21)24/h6-11,13,18H,5,12H2,1-4H3. The topological polar surface area (TPSA) is 66.9 Å². The maximum absolute atomic E-state index is 13.1. The van der Waals surface area contributed by atoms with Crippen molar-refractivity contribution in [3.05, 3.63) is 42.1 Å². The molecule has 1 atom stereocenters. The first kappa shape index (κ1) is 18.7. The molecule has 0 fully saturated rings. The molecule has 6 nitrogen and oxygen atoms in total. The number of amides is 2. The second-order valence-corrected chi connectivity index (χ2v) is 6.22. The Labute approximate surface area is 148 Å². The summed E-state index contributed by atoms with van der Waals surface area (Å²) in [7, 11) is 0. The minimum absolute atomic E-state index is 0.0883. The van der Waals surface area contributed by atoms with Gasteiger partial charge in [0.1, 0.15) is 12.6 Å². The Morgan fingerprint density at radius 3 is 2.36 bits per heavy atom. The van der Waals surface area contributed by atoms with E-state index in [4.69, 9.17) is 4.74 Å². The Bertz CT molecular complexity index is 682. The number of nitrogens with zero attached hydrogens (tertiary/aromatic N) is 2. The molecule has 1 unspecified atom stereocenters. The van der Waals surface area contributed by atoms with Gasteiger partial charge >= 0.3 is 5.97 Å². The van der Waals surface area contributed by atoms with E-state index in [1.54, 1.807) is 13.1 Å². The normalized spacial score (nSPS) is 17.6. The molecule has 0 spiro atoms. The minimum atomic E-state index is -0.639. The van der Waals surface area contributed by atoms with Crippen LogP contribution < -0.4 is 0 Å². The fourth-order valence-electron chi connectivity index (χ4n) is 2.91. The Kier molecular flexibility index (Phi) is 5.96. The van der Waals surface area contributed by atoms with Crippen molar-refractivity contribution in [1.82, 2.24) is 9.80 Å². The summed E-state index contributed by atoms with van der Waals surface area (Å²) in [4.78, 5) is 40.0. The Hall–Kier alpha value is -2.63. The van der Waals surface area contributed by atoms with Gasteiger partial charge in [0.05, 0.1) is 12.3 Å². The quantitative estimate of drug-likeness (QED) is 0.769. The van der Waals surface area contributed by atoms with Crippen molar-refractivity contribution >= 4 is 23.5 Å². The molecule has 0 radical (unpaired) electrons. The van der Waals surface area contributed by atoms with Crippen LogP contribution in [0.5, 0.6) is 0 Å². The number of rotatable bonds is 5. The van der Waals surface area contributed by atoms with E-state index in [0.29, 0.717) is 5.70 Å². The molecule has 0 aliphatic carbocycles. The van der Waals surface area contributed by atoms with Gasteiger partial charge in [-0.1, -0.05) is 44.2 Å². The van der Waals surface area contributed by atoms with Gasteiger partial charge in [-0.25, -0.2) is 0 Å². The number of hydrogen-bond donors (Lipinski definition) is 0.